The standard InChI is InChI=1S/C7H12N2O2S3.Na.H/c1-2-5-14(10,11)13(7-12)9-4-3-8-6-9;;/h3-4,6-7,13H,2,5H2,1H3;;. The average molecular weight is 276 g/mol. The summed E-state index contributed by atoms with van der Waals surface area (Å²) in [5, 5.41) is 0. The summed E-state index contributed by atoms with van der Waals surface area (Å²) >= 11 is 4.76. The van der Waals surface area contributed by atoms with Gasteiger partial charge in [-0.1, -0.05) is 19.1 Å². The van der Waals surface area contributed by atoms with Crippen molar-refractivity contribution in [3.63, 3.8) is 0 Å². The van der Waals surface area contributed by atoms with Crippen molar-refractivity contribution in [1.82, 2.24) is 8.96 Å². The van der Waals surface area contributed by atoms with E-state index in [1.807, 2.05) is 6.92 Å². The van der Waals surface area contributed by atoms with Crippen molar-refractivity contribution in [2.45, 2.75) is 13.3 Å². The van der Waals surface area contributed by atoms with Gasteiger partial charge in [-0.15, -0.1) is 0 Å². The molecule has 0 N–H and O–H groups in total. The molecule has 0 aliphatic carbocycles. The Morgan fingerprint density at radius 1 is 1.60 bits per heavy atom. The van der Waals surface area contributed by atoms with Crippen molar-refractivity contribution in [1.29, 1.82) is 0 Å². The van der Waals surface area contributed by atoms with Crippen molar-refractivity contribution in [3.05, 3.63) is 18.7 Å². The zero-order valence-corrected chi connectivity index (χ0v) is 10.2. The molecule has 0 radical (unpaired) electrons. The Labute approximate surface area is 120 Å². The Hall–Kier alpha value is 0.600. The number of thiol groups is 1. The van der Waals surface area contributed by atoms with Crippen LogP contribution in [0.1, 0.15) is 13.3 Å². The van der Waals surface area contributed by atoms with Gasteiger partial charge >= 0.3 is 29.6 Å². The number of imidazole rings is 1. The predicted octanol–water partition coefficient (Wildman–Crippen LogP) is 0.696. The van der Waals surface area contributed by atoms with Crippen LogP contribution in [0, 0.1) is 0 Å². The van der Waals surface area contributed by atoms with Crippen LogP contribution in [-0.2, 0) is 8.87 Å². The number of thiocarbonyl (C=S) groups is 1. The first-order valence-corrected chi connectivity index (χ1v) is 8.16. The first kappa shape index (κ1) is 15.6. The molecular formula is C7H13N2NaO2S3. The third-order valence-corrected chi connectivity index (χ3v) is 8.06. The van der Waals surface area contributed by atoms with Gasteiger partial charge < -0.3 is 0 Å². The third-order valence-electron chi connectivity index (χ3n) is 1.56. The maximum atomic E-state index is 11.7. The topological polar surface area (TPSA) is 52.0 Å². The summed E-state index contributed by atoms with van der Waals surface area (Å²) in [6, 6.07) is 0. The van der Waals surface area contributed by atoms with Gasteiger partial charge in [0.25, 0.3) is 0 Å². The summed E-state index contributed by atoms with van der Waals surface area (Å²) in [5.41, 5.74) is 0. The van der Waals surface area contributed by atoms with Gasteiger partial charge in [0.15, 0.2) is 0 Å². The van der Waals surface area contributed by atoms with Crippen LogP contribution in [0.4, 0.5) is 0 Å². The van der Waals surface area contributed by atoms with Gasteiger partial charge in [-0.05, 0) is 16.5 Å². The minimum atomic E-state index is -3.12. The molecule has 0 aliphatic rings. The molecule has 0 amide bonds. The molecule has 1 aromatic heterocycles. The number of nitrogens with zero attached hydrogens (tertiary/aromatic N) is 2. The van der Waals surface area contributed by atoms with E-state index in [0.717, 1.165) is 0 Å². The molecular weight excluding hydrogens is 263 g/mol. The minimum absolute atomic E-state index is 0. The van der Waals surface area contributed by atoms with Crippen LogP contribution in [0.25, 0.3) is 0 Å². The Balaban J connectivity index is 0.00000196. The summed E-state index contributed by atoms with van der Waals surface area (Å²) in [7, 11) is -4.57. The van der Waals surface area contributed by atoms with Gasteiger partial charge in [0.1, 0.15) is 6.33 Å². The quantitative estimate of drug-likeness (QED) is 0.372. The normalized spacial score (nSPS) is 14.1. The molecule has 8 heteroatoms. The monoisotopic (exact) mass is 276 g/mol. The fourth-order valence-corrected chi connectivity index (χ4v) is 6.73. The SMILES string of the molecule is CCCS(=O)(=O)[SH](C=S)n1ccnc1.[NaH]. The van der Waals surface area contributed by atoms with Crippen molar-refractivity contribution in [2.24, 2.45) is 0 Å². The average Bonchev–Trinajstić information content (AvgIpc) is 2.57. The van der Waals surface area contributed by atoms with Crippen LogP contribution in [0.2, 0.25) is 0 Å². The molecule has 4 nitrogen and oxygen atoms in total. The second-order valence-electron chi connectivity index (χ2n) is 2.64. The summed E-state index contributed by atoms with van der Waals surface area (Å²) in [6.07, 6.45) is 5.28. The van der Waals surface area contributed by atoms with Gasteiger partial charge in [0.2, 0.25) is 8.87 Å². The van der Waals surface area contributed by atoms with Gasteiger partial charge in [0.05, 0.1) is 5.75 Å². The van der Waals surface area contributed by atoms with Gasteiger partial charge in [-0.3, -0.25) is 3.97 Å². The molecule has 82 valence electrons. The summed E-state index contributed by atoms with van der Waals surface area (Å²) in [4.78, 5) is 3.81. The van der Waals surface area contributed by atoms with Crippen LogP contribution < -0.4 is 0 Å². The van der Waals surface area contributed by atoms with Crippen molar-refractivity contribution < 1.29 is 8.42 Å². The molecule has 1 atom stereocenters. The van der Waals surface area contributed by atoms with Crippen LogP contribution >= 0.6 is 22.3 Å². The molecule has 0 fully saturated rings. The second-order valence-corrected chi connectivity index (χ2v) is 8.91. The first-order valence-electron chi connectivity index (χ1n) is 4.07. The third kappa shape index (κ3) is 4.16. The Kier molecular flexibility index (Phi) is 7.31. The fourth-order valence-electron chi connectivity index (χ4n) is 0.984. The van der Waals surface area contributed by atoms with Crippen LogP contribution in [-0.4, -0.2) is 57.4 Å². The molecule has 0 spiro atoms. The number of hydrogen-bond donors (Lipinski definition) is 1. The maximum absolute atomic E-state index is 11.7. The van der Waals surface area contributed by atoms with Crippen LogP contribution in [0.15, 0.2) is 18.7 Å². The van der Waals surface area contributed by atoms with E-state index in [2.05, 4.69) is 4.98 Å². The van der Waals surface area contributed by atoms with E-state index in [1.165, 1.54) is 11.0 Å². The number of hydrogen-bond acceptors (Lipinski definition) is 4. The summed E-state index contributed by atoms with van der Waals surface area (Å²) < 4.78 is 26.4. The van der Waals surface area contributed by atoms with E-state index in [0.29, 0.717) is 6.42 Å². The van der Waals surface area contributed by atoms with Crippen molar-refractivity contribution in [2.75, 3.05) is 5.75 Å². The van der Waals surface area contributed by atoms with Gasteiger partial charge in [-0.2, -0.15) is 0 Å². The molecule has 0 bridgehead atoms. The van der Waals surface area contributed by atoms with Crippen LogP contribution in [0.5, 0.6) is 0 Å². The van der Waals surface area contributed by atoms with Gasteiger partial charge in [-0.25, -0.2) is 13.4 Å². The van der Waals surface area contributed by atoms with E-state index < -0.39 is 19.0 Å². The van der Waals surface area contributed by atoms with E-state index in [-0.39, 0.29) is 35.3 Å². The van der Waals surface area contributed by atoms with Crippen molar-refractivity contribution >= 4 is 65.5 Å². The first-order chi connectivity index (χ1) is 6.61. The molecule has 1 rings (SSSR count). The van der Waals surface area contributed by atoms with E-state index >= 15 is 0 Å². The van der Waals surface area contributed by atoms with E-state index in [9.17, 15) is 8.42 Å². The summed E-state index contributed by atoms with van der Waals surface area (Å²) in [5.74, 6) is 0.171. The fraction of sp³-hybridized carbons (Fsp3) is 0.429. The Morgan fingerprint density at radius 2 is 2.27 bits per heavy atom. The Morgan fingerprint density at radius 3 is 2.67 bits per heavy atom. The summed E-state index contributed by atoms with van der Waals surface area (Å²) in [6.45, 7) is 1.84. The number of aromatic nitrogens is 2. The molecule has 1 aromatic rings. The van der Waals surface area contributed by atoms with Crippen molar-refractivity contribution in [3.8, 4) is 0 Å². The predicted molar refractivity (Wildman–Crippen MR) is 71.5 cm³/mol. The molecule has 0 aromatic carbocycles. The second kappa shape index (κ2) is 7.03. The number of rotatable bonds is 5. The van der Waals surface area contributed by atoms with Crippen LogP contribution in [0.3, 0.4) is 0 Å². The van der Waals surface area contributed by atoms with Gasteiger partial charge in [0, 0.05) is 17.1 Å². The zero-order valence-electron chi connectivity index (χ0n) is 7.70. The molecule has 0 aliphatic heterocycles. The molecule has 0 saturated heterocycles. The Bertz CT molecular complexity index is 390. The molecule has 15 heavy (non-hydrogen) atoms. The molecule has 1 unspecified atom stereocenters. The zero-order chi connectivity index (χ0) is 10.6. The van der Waals surface area contributed by atoms with E-state index in [1.54, 1.807) is 16.4 Å². The van der Waals surface area contributed by atoms with E-state index in [4.69, 9.17) is 12.2 Å². The molecule has 1 heterocycles. The molecule has 0 saturated carbocycles.